The number of hydrogen-bond acceptors (Lipinski definition) is 5. The van der Waals surface area contributed by atoms with E-state index in [-0.39, 0.29) is 12.5 Å². The Labute approximate surface area is 157 Å². The topological polar surface area (TPSA) is 87.0 Å². The summed E-state index contributed by atoms with van der Waals surface area (Å²) in [5.41, 5.74) is 5.90. The molecule has 1 aromatic heterocycles. The summed E-state index contributed by atoms with van der Waals surface area (Å²) in [4.78, 5) is 21.8. The fourth-order valence-electron chi connectivity index (χ4n) is 2.52. The SMILES string of the molecule is N#Cc1ccccc1CONC(=O)c1ccccc1NCc1ccncc1. The minimum Gasteiger partial charge on any atom is -0.380 e. The van der Waals surface area contributed by atoms with Gasteiger partial charge in [-0.25, -0.2) is 5.48 Å². The van der Waals surface area contributed by atoms with Gasteiger partial charge in [-0.05, 0) is 41.5 Å². The van der Waals surface area contributed by atoms with Gasteiger partial charge in [0.1, 0.15) is 6.61 Å². The average molecular weight is 358 g/mol. The lowest BCUT2D eigenvalue weighted by atomic mass is 10.1. The summed E-state index contributed by atoms with van der Waals surface area (Å²) in [6.07, 6.45) is 3.45. The van der Waals surface area contributed by atoms with Crippen molar-refractivity contribution >= 4 is 11.6 Å². The monoisotopic (exact) mass is 358 g/mol. The summed E-state index contributed by atoms with van der Waals surface area (Å²) in [6, 6.07) is 20.2. The van der Waals surface area contributed by atoms with Crippen LogP contribution in [0, 0.1) is 11.3 Å². The predicted molar refractivity (Wildman–Crippen MR) is 101 cm³/mol. The Hall–Kier alpha value is -3.69. The quantitative estimate of drug-likeness (QED) is 0.632. The summed E-state index contributed by atoms with van der Waals surface area (Å²) in [5, 5.41) is 12.3. The third kappa shape index (κ3) is 4.91. The Morgan fingerprint density at radius 3 is 2.59 bits per heavy atom. The van der Waals surface area contributed by atoms with Crippen LogP contribution in [-0.2, 0) is 18.0 Å². The molecule has 1 amide bonds. The van der Waals surface area contributed by atoms with Gasteiger partial charge in [-0.2, -0.15) is 5.26 Å². The maximum atomic E-state index is 12.5. The molecule has 0 saturated carbocycles. The smallest absolute Gasteiger partial charge is 0.276 e. The van der Waals surface area contributed by atoms with E-state index in [1.165, 1.54) is 0 Å². The molecule has 0 aliphatic rings. The van der Waals surface area contributed by atoms with E-state index in [9.17, 15) is 4.79 Å². The number of benzene rings is 2. The van der Waals surface area contributed by atoms with Crippen LogP contribution in [0.15, 0.2) is 73.1 Å². The van der Waals surface area contributed by atoms with Crippen molar-refractivity contribution in [2.75, 3.05) is 5.32 Å². The second-order valence-electron chi connectivity index (χ2n) is 5.74. The van der Waals surface area contributed by atoms with Crippen molar-refractivity contribution in [1.82, 2.24) is 10.5 Å². The number of anilines is 1. The van der Waals surface area contributed by atoms with Gasteiger partial charge in [0.15, 0.2) is 0 Å². The Balaban J connectivity index is 1.60. The zero-order valence-electron chi connectivity index (χ0n) is 14.6. The number of nitriles is 1. The molecule has 27 heavy (non-hydrogen) atoms. The highest BCUT2D eigenvalue weighted by molar-refractivity contribution is 5.99. The van der Waals surface area contributed by atoms with Gasteiger partial charge in [-0.1, -0.05) is 30.3 Å². The van der Waals surface area contributed by atoms with Gasteiger partial charge in [0.05, 0.1) is 17.2 Å². The lowest BCUT2D eigenvalue weighted by Gasteiger charge is -2.12. The number of hydrogen-bond donors (Lipinski definition) is 2. The molecule has 0 radical (unpaired) electrons. The predicted octanol–water partition coefficient (Wildman–Crippen LogP) is 3.43. The Kier molecular flexibility index (Phi) is 6.13. The van der Waals surface area contributed by atoms with Crippen molar-refractivity contribution in [2.45, 2.75) is 13.2 Å². The van der Waals surface area contributed by atoms with Gasteiger partial charge >= 0.3 is 0 Å². The molecular weight excluding hydrogens is 340 g/mol. The van der Waals surface area contributed by atoms with Gasteiger partial charge in [0.25, 0.3) is 5.91 Å². The van der Waals surface area contributed by atoms with E-state index < -0.39 is 0 Å². The molecule has 0 bridgehead atoms. The molecule has 0 atom stereocenters. The van der Waals surface area contributed by atoms with Gasteiger partial charge in [0.2, 0.25) is 0 Å². The lowest BCUT2D eigenvalue weighted by Crippen LogP contribution is -2.24. The first-order valence-electron chi connectivity index (χ1n) is 8.40. The largest absolute Gasteiger partial charge is 0.380 e. The van der Waals surface area contributed by atoms with Crippen LogP contribution in [0.1, 0.15) is 27.0 Å². The van der Waals surface area contributed by atoms with Crippen molar-refractivity contribution < 1.29 is 9.63 Å². The molecule has 0 aliphatic heterocycles. The second-order valence-corrected chi connectivity index (χ2v) is 5.74. The molecule has 0 spiro atoms. The summed E-state index contributed by atoms with van der Waals surface area (Å²) in [7, 11) is 0. The average Bonchev–Trinajstić information content (AvgIpc) is 2.73. The molecule has 0 saturated heterocycles. The number of aromatic nitrogens is 1. The minimum absolute atomic E-state index is 0.113. The third-order valence-electron chi connectivity index (χ3n) is 3.93. The van der Waals surface area contributed by atoms with Crippen LogP contribution >= 0.6 is 0 Å². The normalized spacial score (nSPS) is 10.0. The van der Waals surface area contributed by atoms with Crippen LogP contribution in [0.2, 0.25) is 0 Å². The first kappa shape index (κ1) is 18.1. The standard InChI is InChI=1S/C21H18N4O2/c22-13-17-5-1-2-6-18(17)15-27-25-21(26)19-7-3-4-8-20(19)24-14-16-9-11-23-12-10-16/h1-12,24H,14-15H2,(H,25,26). The summed E-state index contributed by atoms with van der Waals surface area (Å²) in [5.74, 6) is -0.359. The number of nitrogens with one attached hydrogen (secondary N) is 2. The Bertz CT molecular complexity index is 952. The third-order valence-corrected chi connectivity index (χ3v) is 3.93. The fraction of sp³-hybridized carbons (Fsp3) is 0.0952. The molecule has 0 fully saturated rings. The van der Waals surface area contributed by atoms with E-state index >= 15 is 0 Å². The number of pyridine rings is 1. The number of carbonyl (C=O) groups excluding carboxylic acids is 1. The van der Waals surface area contributed by atoms with Gasteiger partial charge in [-0.3, -0.25) is 14.6 Å². The van der Waals surface area contributed by atoms with Crippen molar-refractivity contribution in [3.8, 4) is 6.07 Å². The van der Waals surface area contributed by atoms with Crippen molar-refractivity contribution in [2.24, 2.45) is 0 Å². The van der Waals surface area contributed by atoms with Crippen LogP contribution in [0.4, 0.5) is 5.69 Å². The highest BCUT2D eigenvalue weighted by atomic mass is 16.6. The minimum atomic E-state index is -0.359. The molecule has 2 N–H and O–H groups in total. The zero-order valence-corrected chi connectivity index (χ0v) is 14.6. The fourth-order valence-corrected chi connectivity index (χ4v) is 2.52. The number of hydroxylamine groups is 1. The van der Waals surface area contributed by atoms with E-state index in [1.54, 1.807) is 42.7 Å². The summed E-state index contributed by atoms with van der Waals surface area (Å²) >= 11 is 0. The van der Waals surface area contributed by atoms with E-state index in [1.807, 2.05) is 30.3 Å². The van der Waals surface area contributed by atoms with Gasteiger partial charge in [-0.15, -0.1) is 0 Å². The van der Waals surface area contributed by atoms with Crippen molar-refractivity contribution in [3.05, 3.63) is 95.3 Å². The van der Waals surface area contributed by atoms with Crippen molar-refractivity contribution in [3.63, 3.8) is 0 Å². The molecule has 6 nitrogen and oxygen atoms in total. The number of nitrogens with zero attached hydrogens (tertiary/aromatic N) is 2. The second kappa shape index (κ2) is 9.13. The Morgan fingerprint density at radius 2 is 1.78 bits per heavy atom. The first-order chi connectivity index (χ1) is 13.3. The molecule has 2 aromatic carbocycles. The maximum absolute atomic E-state index is 12.5. The molecule has 6 heteroatoms. The maximum Gasteiger partial charge on any atom is 0.276 e. The first-order valence-corrected chi connectivity index (χ1v) is 8.40. The molecule has 3 rings (SSSR count). The van der Waals surface area contributed by atoms with E-state index in [0.717, 1.165) is 5.56 Å². The van der Waals surface area contributed by atoms with Gasteiger partial charge < -0.3 is 5.32 Å². The van der Waals surface area contributed by atoms with E-state index in [4.69, 9.17) is 10.1 Å². The highest BCUT2D eigenvalue weighted by Crippen LogP contribution is 2.16. The molecule has 134 valence electrons. The number of para-hydroxylation sites is 1. The number of amides is 1. The van der Waals surface area contributed by atoms with E-state index in [2.05, 4.69) is 21.9 Å². The molecule has 3 aromatic rings. The van der Waals surface area contributed by atoms with Crippen LogP contribution < -0.4 is 10.8 Å². The summed E-state index contributed by atoms with van der Waals surface area (Å²) in [6.45, 7) is 0.686. The van der Waals surface area contributed by atoms with Crippen LogP contribution in [0.5, 0.6) is 0 Å². The highest BCUT2D eigenvalue weighted by Gasteiger charge is 2.11. The number of rotatable bonds is 7. The van der Waals surface area contributed by atoms with E-state index in [0.29, 0.717) is 28.9 Å². The zero-order chi connectivity index (χ0) is 18.9. The molecule has 1 heterocycles. The van der Waals surface area contributed by atoms with Crippen LogP contribution in [0.25, 0.3) is 0 Å². The molecule has 0 unspecified atom stereocenters. The number of carbonyl (C=O) groups is 1. The lowest BCUT2D eigenvalue weighted by molar-refractivity contribution is 0.0233. The van der Waals surface area contributed by atoms with Crippen molar-refractivity contribution in [1.29, 1.82) is 5.26 Å². The molecule has 0 aliphatic carbocycles. The molecular formula is C21H18N4O2. The summed E-state index contributed by atoms with van der Waals surface area (Å²) < 4.78 is 0. The van der Waals surface area contributed by atoms with Gasteiger partial charge in [0, 0.05) is 24.6 Å². The Morgan fingerprint density at radius 1 is 1.04 bits per heavy atom. The van der Waals surface area contributed by atoms with Crippen LogP contribution in [0.3, 0.4) is 0 Å². The van der Waals surface area contributed by atoms with Crippen LogP contribution in [-0.4, -0.2) is 10.9 Å².